The van der Waals surface area contributed by atoms with Gasteiger partial charge in [0, 0.05) is 8.59 Å². The van der Waals surface area contributed by atoms with Crippen LogP contribution < -0.4 is 11.2 Å². The zero-order valence-corrected chi connectivity index (χ0v) is 9.37. The van der Waals surface area contributed by atoms with Crippen LogP contribution in [-0.2, 0) is 0 Å². The summed E-state index contributed by atoms with van der Waals surface area (Å²) in [6.07, 6.45) is 0. The van der Waals surface area contributed by atoms with E-state index >= 15 is 0 Å². The first-order chi connectivity index (χ1) is 6.13. The number of rotatable bonds is 1. The van der Waals surface area contributed by atoms with Gasteiger partial charge in [-0.1, -0.05) is 11.6 Å². The van der Waals surface area contributed by atoms with Gasteiger partial charge in [0.25, 0.3) is 0 Å². The van der Waals surface area contributed by atoms with Crippen molar-refractivity contribution in [3.05, 3.63) is 26.8 Å². The molecule has 4 N–H and O–H groups in total. The Morgan fingerprint density at radius 1 is 1.62 bits per heavy atom. The topological polar surface area (TPSA) is 70.6 Å². The summed E-state index contributed by atoms with van der Waals surface area (Å²) < 4.78 is 0.903. The number of hydrogen-bond donors (Lipinski definition) is 3. The monoisotopic (exact) mass is 311 g/mol. The molecule has 0 saturated carbocycles. The van der Waals surface area contributed by atoms with Crippen LogP contribution in [0.4, 0.5) is 5.69 Å². The average molecular weight is 312 g/mol. The van der Waals surface area contributed by atoms with Gasteiger partial charge >= 0.3 is 0 Å². The molecule has 0 aliphatic heterocycles. The number of aliphatic imine (C=N–C) groups is 1. The van der Waals surface area contributed by atoms with Crippen molar-refractivity contribution in [2.75, 3.05) is 0 Å². The Labute approximate surface area is 93.9 Å². The van der Waals surface area contributed by atoms with E-state index in [-0.39, 0.29) is 5.96 Å². The van der Waals surface area contributed by atoms with E-state index in [9.17, 15) is 0 Å². The Hall–Kier alpha value is -0.530. The molecule has 0 bridgehead atoms. The summed E-state index contributed by atoms with van der Waals surface area (Å²) in [5.41, 5.74) is 7.63. The van der Waals surface area contributed by atoms with Gasteiger partial charge in [-0.25, -0.2) is 10.5 Å². The lowest BCUT2D eigenvalue weighted by Gasteiger charge is -2.00. The standard InChI is InChI=1S/C7H7ClIN3O/c8-4-1-2-5(9)6(3-4)11-7(10)12-13/h1-3,13H,(H3,10,11,12). The third-order valence-electron chi connectivity index (χ3n) is 1.26. The van der Waals surface area contributed by atoms with Gasteiger partial charge in [0.05, 0.1) is 5.69 Å². The van der Waals surface area contributed by atoms with Crippen LogP contribution in [0.15, 0.2) is 23.2 Å². The lowest BCUT2D eigenvalue weighted by atomic mass is 10.3. The SMILES string of the molecule is NC(=Nc1cc(Cl)ccc1I)NO. The second-order valence-electron chi connectivity index (χ2n) is 2.20. The number of halogens is 2. The van der Waals surface area contributed by atoms with Crippen LogP contribution in [0.5, 0.6) is 0 Å². The van der Waals surface area contributed by atoms with Gasteiger partial charge in [-0.3, -0.25) is 5.21 Å². The Kier molecular flexibility index (Phi) is 3.76. The third-order valence-corrected chi connectivity index (χ3v) is 2.41. The number of nitrogens with one attached hydrogen (secondary N) is 1. The highest BCUT2D eigenvalue weighted by Gasteiger charge is 1.99. The minimum absolute atomic E-state index is 0.0693. The van der Waals surface area contributed by atoms with E-state index in [2.05, 4.69) is 27.6 Å². The van der Waals surface area contributed by atoms with Crippen molar-refractivity contribution >= 4 is 45.8 Å². The van der Waals surface area contributed by atoms with E-state index in [1.54, 1.807) is 17.6 Å². The van der Waals surface area contributed by atoms with E-state index < -0.39 is 0 Å². The summed E-state index contributed by atoms with van der Waals surface area (Å²) >= 11 is 7.84. The summed E-state index contributed by atoms with van der Waals surface area (Å²) in [6, 6.07) is 5.23. The largest absolute Gasteiger partial charge is 0.368 e. The van der Waals surface area contributed by atoms with Gasteiger partial charge in [0.15, 0.2) is 0 Å². The highest BCUT2D eigenvalue weighted by atomic mass is 127. The molecule has 0 unspecified atom stereocenters. The minimum Gasteiger partial charge on any atom is -0.368 e. The second kappa shape index (κ2) is 4.64. The highest BCUT2D eigenvalue weighted by Crippen LogP contribution is 2.24. The van der Waals surface area contributed by atoms with Gasteiger partial charge in [0.2, 0.25) is 5.96 Å². The molecular formula is C7H7ClIN3O. The van der Waals surface area contributed by atoms with Gasteiger partial charge in [0.1, 0.15) is 0 Å². The summed E-state index contributed by atoms with van der Waals surface area (Å²) in [7, 11) is 0. The van der Waals surface area contributed by atoms with Gasteiger partial charge in [-0.15, -0.1) is 0 Å². The molecule has 1 aromatic rings. The quantitative estimate of drug-likeness (QED) is 0.321. The molecule has 0 aromatic heterocycles. The minimum atomic E-state index is -0.0693. The smallest absolute Gasteiger partial charge is 0.218 e. The van der Waals surface area contributed by atoms with Crippen molar-refractivity contribution in [1.82, 2.24) is 5.48 Å². The van der Waals surface area contributed by atoms with Gasteiger partial charge in [-0.2, -0.15) is 0 Å². The molecular weight excluding hydrogens is 304 g/mol. The van der Waals surface area contributed by atoms with Crippen LogP contribution in [0.3, 0.4) is 0 Å². The second-order valence-corrected chi connectivity index (χ2v) is 3.80. The Morgan fingerprint density at radius 3 is 2.92 bits per heavy atom. The fraction of sp³-hybridized carbons (Fsp3) is 0. The predicted molar refractivity (Wildman–Crippen MR) is 60.4 cm³/mol. The Morgan fingerprint density at radius 2 is 2.31 bits per heavy atom. The van der Waals surface area contributed by atoms with Crippen molar-refractivity contribution in [1.29, 1.82) is 0 Å². The van der Waals surface area contributed by atoms with Gasteiger partial charge < -0.3 is 5.73 Å². The third kappa shape index (κ3) is 3.02. The van der Waals surface area contributed by atoms with Crippen LogP contribution in [0, 0.1) is 3.57 Å². The predicted octanol–water partition coefficient (Wildman–Crippen LogP) is 1.87. The fourth-order valence-electron chi connectivity index (χ4n) is 0.726. The van der Waals surface area contributed by atoms with Crippen LogP contribution in [-0.4, -0.2) is 11.2 Å². The fourth-order valence-corrected chi connectivity index (χ4v) is 1.35. The molecule has 1 aromatic carbocycles. The van der Waals surface area contributed by atoms with E-state index in [0.717, 1.165) is 3.57 Å². The molecule has 0 radical (unpaired) electrons. The first-order valence-electron chi connectivity index (χ1n) is 3.33. The zero-order valence-electron chi connectivity index (χ0n) is 6.46. The first-order valence-corrected chi connectivity index (χ1v) is 4.78. The lowest BCUT2D eigenvalue weighted by Crippen LogP contribution is -2.27. The van der Waals surface area contributed by atoms with Crippen LogP contribution >= 0.6 is 34.2 Å². The molecule has 13 heavy (non-hydrogen) atoms. The molecule has 0 aliphatic rings. The number of nitrogens with zero attached hydrogens (tertiary/aromatic N) is 1. The molecule has 1 rings (SSSR count). The normalized spacial score (nSPS) is 11.5. The molecule has 6 heteroatoms. The van der Waals surface area contributed by atoms with Crippen LogP contribution in [0.2, 0.25) is 5.02 Å². The molecule has 0 saturated heterocycles. The maximum absolute atomic E-state index is 8.42. The van der Waals surface area contributed by atoms with E-state index in [1.807, 2.05) is 6.07 Å². The number of guanidine groups is 1. The Balaban J connectivity index is 3.07. The molecule has 0 aliphatic carbocycles. The maximum atomic E-state index is 8.42. The van der Waals surface area contributed by atoms with E-state index in [0.29, 0.717) is 10.7 Å². The van der Waals surface area contributed by atoms with Gasteiger partial charge in [-0.05, 0) is 40.8 Å². The number of benzene rings is 1. The van der Waals surface area contributed by atoms with Crippen molar-refractivity contribution in [3.8, 4) is 0 Å². The zero-order chi connectivity index (χ0) is 9.84. The average Bonchev–Trinajstić information content (AvgIpc) is 2.11. The molecule has 0 spiro atoms. The lowest BCUT2D eigenvalue weighted by molar-refractivity contribution is 0.233. The molecule has 0 fully saturated rings. The van der Waals surface area contributed by atoms with Crippen molar-refractivity contribution in [2.24, 2.45) is 10.7 Å². The summed E-state index contributed by atoms with van der Waals surface area (Å²) in [4.78, 5) is 3.88. The molecule has 4 nitrogen and oxygen atoms in total. The first kappa shape index (κ1) is 10.6. The summed E-state index contributed by atoms with van der Waals surface area (Å²) in [5.74, 6) is -0.0693. The highest BCUT2D eigenvalue weighted by molar-refractivity contribution is 14.1. The van der Waals surface area contributed by atoms with Crippen molar-refractivity contribution in [3.63, 3.8) is 0 Å². The molecule has 0 amide bonds. The number of hydroxylamine groups is 1. The maximum Gasteiger partial charge on any atom is 0.218 e. The Bertz CT molecular complexity index is 343. The summed E-state index contributed by atoms with van der Waals surface area (Å²) in [6.45, 7) is 0. The van der Waals surface area contributed by atoms with E-state index in [4.69, 9.17) is 22.5 Å². The number of nitrogens with two attached hydrogens (primary N) is 1. The van der Waals surface area contributed by atoms with Crippen LogP contribution in [0.25, 0.3) is 0 Å². The van der Waals surface area contributed by atoms with Crippen molar-refractivity contribution < 1.29 is 5.21 Å². The van der Waals surface area contributed by atoms with Crippen LogP contribution in [0.1, 0.15) is 0 Å². The summed E-state index contributed by atoms with van der Waals surface area (Å²) in [5, 5.41) is 8.99. The van der Waals surface area contributed by atoms with E-state index in [1.165, 1.54) is 0 Å². The molecule has 0 heterocycles. The van der Waals surface area contributed by atoms with Crippen molar-refractivity contribution in [2.45, 2.75) is 0 Å². The molecule has 70 valence electrons. The molecule has 0 atom stereocenters. The number of hydrogen-bond acceptors (Lipinski definition) is 2.